The van der Waals surface area contributed by atoms with Gasteiger partial charge in [-0.15, -0.1) is 0 Å². The molecule has 2 heteroatoms. The van der Waals surface area contributed by atoms with Crippen LogP contribution in [0.4, 0.5) is 0 Å². The summed E-state index contributed by atoms with van der Waals surface area (Å²) in [6.07, 6.45) is 3.72. The van der Waals surface area contributed by atoms with Crippen molar-refractivity contribution in [3.05, 3.63) is 169 Å². The van der Waals surface area contributed by atoms with E-state index in [9.17, 15) is 0 Å². The molecule has 2 aromatic heterocycles. The third-order valence-corrected chi connectivity index (χ3v) is 10.2. The first-order chi connectivity index (χ1) is 23.5. The lowest BCUT2D eigenvalue weighted by Gasteiger charge is -2.23. The molecule has 1 aliphatic rings. The van der Waals surface area contributed by atoms with Crippen LogP contribution in [0.5, 0.6) is 0 Å². The molecule has 0 bridgehead atoms. The van der Waals surface area contributed by atoms with Gasteiger partial charge in [0.15, 0.2) is 0 Å². The summed E-state index contributed by atoms with van der Waals surface area (Å²) in [5.41, 5.74) is 15.6. The number of hydrogen-bond acceptors (Lipinski definition) is 2. The van der Waals surface area contributed by atoms with E-state index in [0.29, 0.717) is 0 Å². The Morgan fingerprint density at radius 1 is 0.417 bits per heavy atom. The van der Waals surface area contributed by atoms with Gasteiger partial charge in [0.05, 0.1) is 11.4 Å². The number of fused-ring (bicyclic) bond motifs is 5. The van der Waals surface area contributed by atoms with Crippen LogP contribution in [0.15, 0.2) is 152 Å². The standard InChI is InChI=1S/C46H34N2/c1-29-18-20-38-39(24-29)44(30-19-21-35-34-12-6-7-15-40(34)46(2,3)41(35)28-30)36-13-4-5-14-37(36)45(38)33-26-31(42-16-8-10-22-47-42)25-32(27-33)43-17-9-11-23-48-43/h4-28H,1-3H3. The second kappa shape index (κ2) is 10.9. The van der Waals surface area contributed by atoms with E-state index in [0.717, 1.165) is 28.1 Å². The van der Waals surface area contributed by atoms with Crippen LogP contribution in [-0.4, -0.2) is 9.97 Å². The van der Waals surface area contributed by atoms with E-state index in [1.54, 1.807) is 0 Å². The average molecular weight is 615 g/mol. The van der Waals surface area contributed by atoms with Crippen LogP contribution in [0.25, 0.3) is 77.4 Å². The number of nitrogens with zero attached hydrogens (tertiary/aromatic N) is 2. The molecule has 8 aromatic rings. The molecule has 0 saturated carbocycles. The predicted molar refractivity (Wildman–Crippen MR) is 201 cm³/mol. The molecule has 0 radical (unpaired) electrons. The molecule has 0 aliphatic heterocycles. The zero-order valence-electron chi connectivity index (χ0n) is 27.3. The predicted octanol–water partition coefficient (Wildman–Crippen LogP) is 12.1. The van der Waals surface area contributed by atoms with Crippen LogP contribution in [-0.2, 0) is 5.41 Å². The van der Waals surface area contributed by atoms with E-state index < -0.39 is 0 Å². The number of rotatable bonds is 4. The van der Waals surface area contributed by atoms with E-state index in [1.165, 1.54) is 66.1 Å². The molecule has 6 aromatic carbocycles. The molecule has 0 atom stereocenters. The number of pyridine rings is 2. The molecule has 48 heavy (non-hydrogen) atoms. The van der Waals surface area contributed by atoms with Gasteiger partial charge in [-0.05, 0) is 122 Å². The minimum Gasteiger partial charge on any atom is -0.256 e. The van der Waals surface area contributed by atoms with E-state index in [1.807, 2.05) is 36.7 Å². The first-order valence-electron chi connectivity index (χ1n) is 16.7. The molecule has 2 nitrogen and oxygen atoms in total. The molecule has 0 N–H and O–H groups in total. The molecule has 0 amide bonds. The summed E-state index contributed by atoms with van der Waals surface area (Å²) in [7, 11) is 0. The number of hydrogen-bond donors (Lipinski definition) is 0. The molecule has 0 saturated heterocycles. The van der Waals surface area contributed by atoms with Crippen molar-refractivity contribution in [2.75, 3.05) is 0 Å². The minimum atomic E-state index is -0.0722. The smallest absolute Gasteiger partial charge is 0.0702 e. The Morgan fingerprint density at radius 2 is 0.979 bits per heavy atom. The molecule has 0 spiro atoms. The summed E-state index contributed by atoms with van der Waals surface area (Å²) in [5, 5.41) is 4.99. The van der Waals surface area contributed by atoms with Crippen molar-refractivity contribution in [3.63, 3.8) is 0 Å². The van der Waals surface area contributed by atoms with E-state index in [4.69, 9.17) is 9.97 Å². The van der Waals surface area contributed by atoms with Crippen molar-refractivity contribution in [1.29, 1.82) is 0 Å². The maximum Gasteiger partial charge on any atom is 0.0702 e. The highest BCUT2D eigenvalue weighted by Gasteiger charge is 2.35. The summed E-state index contributed by atoms with van der Waals surface area (Å²) < 4.78 is 0. The van der Waals surface area contributed by atoms with Crippen molar-refractivity contribution in [3.8, 4) is 55.9 Å². The third kappa shape index (κ3) is 4.41. The number of benzene rings is 6. The Balaban J connectivity index is 1.35. The second-order valence-electron chi connectivity index (χ2n) is 13.5. The van der Waals surface area contributed by atoms with E-state index >= 15 is 0 Å². The fourth-order valence-corrected chi connectivity index (χ4v) is 7.91. The van der Waals surface area contributed by atoms with Crippen molar-refractivity contribution >= 4 is 21.5 Å². The van der Waals surface area contributed by atoms with Crippen LogP contribution in [0.3, 0.4) is 0 Å². The SMILES string of the molecule is Cc1ccc2c(-c3cc(-c4ccccn4)cc(-c4ccccn4)c3)c3ccccc3c(-c3ccc4c(c3)C(C)(C)c3ccccc3-4)c2c1. The van der Waals surface area contributed by atoms with Gasteiger partial charge in [-0.1, -0.05) is 110 Å². The summed E-state index contributed by atoms with van der Waals surface area (Å²) >= 11 is 0. The van der Waals surface area contributed by atoms with Crippen LogP contribution >= 0.6 is 0 Å². The molecule has 228 valence electrons. The van der Waals surface area contributed by atoms with Gasteiger partial charge >= 0.3 is 0 Å². The molecular weight excluding hydrogens is 581 g/mol. The maximum absolute atomic E-state index is 4.74. The zero-order chi connectivity index (χ0) is 32.4. The van der Waals surface area contributed by atoms with E-state index in [-0.39, 0.29) is 5.41 Å². The molecule has 1 aliphatic carbocycles. The van der Waals surface area contributed by atoms with Gasteiger partial charge in [0, 0.05) is 28.9 Å². The van der Waals surface area contributed by atoms with Crippen molar-refractivity contribution in [2.24, 2.45) is 0 Å². The lowest BCUT2D eigenvalue weighted by molar-refractivity contribution is 0.660. The summed E-state index contributed by atoms with van der Waals surface area (Å²) in [6.45, 7) is 6.92. The van der Waals surface area contributed by atoms with Crippen LogP contribution < -0.4 is 0 Å². The van der Waals surface area contributed by atoms with Gasteiger partial charge in [0.2, 0.25) is 0 Å². The number of aromatic nitrogens is 2. The Kier molecular flexibility index (Phi) is 6.42. The number of aryl methyl sites for hydroxylation is 1. The highest BCUT2D eigenvalue weighted by atomic mass is 14.7. The Hall–Kier alpha value is -5.86. The first-order valence-corrected chi connectivity index (χ1v) is 16.7. The summed E-state index contributed by atoms with van der Waals surface area (Å²) in [4.78, 5) is 9.49. The van der Waals surface area contributed by atoms with E-state index in [2.05, 4.69) is 136 Å². The lowest BCUT2D eigenvalue weighted by atomic mass is 9.80. The zero-order valence-corrected chi connectivity index (χ0v) is 27.3. The van der Waals surface area contributed by atoms with Gasteiger partial charge in [-0.2, -0.15) is 0 Å². The van der Waals surface area contributed by atoms with Crippen LogP contribution in [0, 0.1) is 6.92 Å². The van der Waals surface area contributed by atoms with Gasteiger partial charge in [-0.3, -0.25) is 9.97 Å². The van der Waals surface area contributed by atoms with Crippen LogP contribution in [0.1, 0.15) is 30.5 Å². The monoisotopic (exact) mass is 614 g/mol. The van der Waals surface area contributed by atoms with Crippen molar-refractivity contribution in [2.45, 2.75) is 26.2 Å². The second-order valence-corrected chi connectivity index (χ2v) is 13.5. The highest BCUT2D eigenvalue weighted by molar-refractivity contribution is 6.22. The average Bonchev–Trinajstić information content (AvgIpc) is 3.36. The van der Waals surface area contributed by atoms with Gasteiger partial charge in [0.1, 0.15) is 0 Å². The highest BCUT2D eigenvalue weighted by Crippen LogP contribution is 2.51. The maximum atomic E-state index is 4.74. The Morgan fingerprint density at radius 3 is 1.65 bits per heavy atom. The summed E-state index contributed by atoms with van der Waals surface area (Å²) in [5.74, 6) is 0. The fraction of sp³-hybridized carbons (Fsp3) is 0.0870. The molecular formula is C46H34N2. The molecule has 9 rings (SSSR count). The third-order valence-electron chi connectivity index (χ3n) is 10.2. The van der Waals surface area contributed by atoms with Crippen molar-refractivity contribution in [1.82, 2.24) is 9.97 Å². The van der Waals surface area contributed by atoms with Gasteiger partial charge < -0.3 is 0 Å². The topological polar surface area (TPSA) is 25.8 Å². The van der Waals surface area contributed by atoms with Gasteiger partial charge in [0.25, 0.3) is 0 Å². The van der Waals surface area contributed by atoms with Gasteiger partial charge in [-0.25, -0.2) is 0 Å². The first kappa shape index (κ1) is 28.4. The Labute approximate surface area is 281 Å². The Bertz CT molecular complexity index is 2470. The molecule has 0 fully saturated rings. The van der Waals surface area contributed by atoms with Crippen LogP contribution in [0.2, 0.25) is 0 Å². The minimum absolute atomic E-state index is 0.0722. The molecule has 0 unspecified atom stereocenters. The quantitative estimate of drug-likeness (QED) is 0.184. The largest absolute Gasteiger partial charge is 0.256 e. The van der Waals surface area contributed by atoms with Crippen molar-refractivity contribution < 1.29 is 0 Å². The fourth-order valence-electron chi connectivity index (χ4n) is 7.91. The lowest BCUT2D eigenvalue weighted by Crippen LogP contribution is -2.14. The summed E-state index contributed by atoms with van der Waals surface area (Å²) in [6, 6.07) is 50.9. The molecule has 2 heterocycles. The normalized spacial score (nSPS) is 13.1.